The van der Waals surface area contributed by atoms with Crippen molar-refractivity contribution in [3.8, 4) is 0 Å². The predicted octanol–water partition coefficient (Wildman–Crippen LogP) is 3.51. The highest BCUT2D eigenvalue weighted by Crippen LogP contribution is 2.32. The molecule has 2 fully saturated rings. The fourth-order valence-corrected chi connectivity index (χ4v) is 5.17. The third kappa shape index (κ3) is 3.93. The van der Waals surface area contributed by atoms with Crippen LogP contribution in [0.2, 0.25) is 0 Å². The molecule has 2 aliphatic heterocycles. The Bertz CT molecular complexity index is 902. The lowest BCUT2D eigenvalue weighted by molar-refractivity contribution is 0.0690. The molecule has 3 heterocycles. The molecule has 6 nitrogen and oxygen atoms in total. The third-order valence-electron chi connectivity index (χ3n) is 7.31. The van der Waals surface area contributed by atoms with Gasteiger partial charge in [-0.3, -0.25) is 4.90 Å². The van der Waals surface area contributed by atoms with Gasteiger partial charge in [0.15, 0.2) is 5.69 Å². The normalized spacial score (nSPS) is 21.0. The van der Waals surface area contributed by atoms with E-state index in [1.807, 2.05) is 0 Å². The van der Waals surface area contributed by atoms with Crippen LogP contribution < -0.4 is 4.90 Å². The van der Waals surface area contributed by atoms with Gasteiger partial charge in [0, 0.05) is 32.2 Å². The Labute approximate surface area is 177 Å². The summed E-state index contributed by atoms with van der Waals surface area (Å²) in [7, 11) is 0. The second-order valence-corrected chi connectivity index (χ2v) is 8.98. The average Bonchev–Trinajstić information content (AvgIpc) is 2.95. The number of benzene rings is 1. The van der Waals surface area contributed by atoms with Crippen LogP contribution in [-0.4, -0.2) is 58.2 Å². The third-order valence-corrected chi connectivity index (χ3v) is 7.31. The molecule has 0 spiro atoms. The Balaban J connectivity index is 1.21. The van der Waals surface area contributed by atoms with Gasteiger partial charge in [-0.05, 0) is 61.1 Å². The molecular formula is C24H30N4O2. The first-order chi connectivity index (χ1) is 14.7. The van der Waals surface area contributed by atoms with Crippen LogP contribution in [0.1, 0.15) is 65.2 Å². The van der Waals surface area contributed by atoms with Gasteiger partial charge in [0.25, 0.3) is 0 Å². The minimum absolute atomic E-state index is 0.00510. The molecule has 2 aromatic rings. The van der Waals surface area contributed by atoms with Crippen LogP contribution in [-0.2, 0) is 12.8 Å². The van der Waals surface area contributed by atoms with Crippen LogP contribution in [0, 0.1) is 0 Å². The summed E-state index contributed by atoms with van der Waals surface area (Å²) in [6.07, 6.45) is 11.7. The lowest BCUT2D eigenvalue weighted by Gasteiger charge is -2.36. The molecule has 30 heavy (non-hydrogen) atoms. The van der Waals surface area contributed by atoms with Gasteiger partial charge in [0.1, 0.15) is 5.82 Å². The number of carbonyl (C=O) groups is 1. The van der Waals surface area contributed by atoms with E-state index in [-0.39, 0.29) is 5.69 Å². The van der Waals surface area contributed by atoms with Gasteiger partial charge < -0.3 is 10.0 Å². The number of hydrogen-bond donors (Lipinski definition) is 1. The van der Waals surface area contributed by atoms with E-state index in [4.69, 9.17) is 5.11 Å². The topological polar surface area (TPSA) is 69.6 Å². The van der Waals surface area contributed by atoms with E-state index in [1.165, 1.54) is 57.0 Å². The van der Waals surface area contributed by atoms with Gasteiger partial charge in [-0.15, -0.1) is 0 Å². The van der Waals surface area contributed by atoms with Crippen molar-refractivity contribution in [2.24, 2.45) is 0 Å². The van der Waals surface area contributed by atoms with Gasteiger partial charge in [0.2, 0.25) is 0 Å². The fraction of sp³-hybridized carbons (Fsp3) is 0.542. The Morgan fingerprint density at radius 2 is 1.70 bits per heavy atom. The van der Waals surface area contributed by atoms with E-state index >= 15 is 0 Å². The Morgan fingerprint density at radius 1 is 0.933 bits per heavy atom. The highest BCUT2D eigenvalue weighted by Gasteiger charge is 2.27. The summed E-state index contributed by atoms with van der Waals surface area (Å²) < 4.78 is 0. The van der Waals surface area contributed by atoms with Gasteiger partial charge in [-0.2, -0.15) is 0 Å². The minimum atomic E-state index is -1.04. The van der Waals surface area contributed by atoms with Crippen molar-refractivity contribution < 1.29 is 9.90 Å². The Hall–Kier alpha value is -2.47. The molecule has 158 valence electrons. The maximum absolute atomic E-state index is 11.0. The number of rotatable bonds is 4. The van der Waals surface area contributed by atoms with E-state index in [2.05, 4.69) is 38.0 Å². The van der Waals surface area contributed by atoms with E-state index < -0.39 is 5.97 Å². The molecule has 1 aliphatic carbocycles. The van der Waals surface area contributed by atoms with Gasteiger partial charge >= 0.3 is 5.97 Å². The summed E-state index contributed by atoms with van der Waals surface area (Å²) in [6, 6.07) is 8.08. The molecule has 0 bridgehead atoms. The number of aromatic nitrogens is 2. The van der Waals surface area contributed by atoms with Crippen molar-refractivity contribution in [1.82, 2.24) is 14.9 Å². The van der Waals surface area contributed by atoms with Crippen molar-refractivity contribution in [1.29, 1.82) is 0 Å². The van der Waals surface area contributed by atoms with E-state index in [9.17, 15) is 4.79 Å². The smallest absolute Gasteiger partial charge is 0.356 e. The van der Waals surface area contributed by atoms with E-state index in [0.717, 1.165) is 37.8 Å². The number of carboxylic acids is 1. The quantitative estimate of drug-likeness (QED) is 0.838. The fourth-order valence-electron chi connectivity index (χ4n) is 5.17. The van der Waals surface area contributed by atoms with Crippen molar-refractivity contribution in [3.05, 3.63) is 53.0 Å². The van der Waals surface area contributed by atoms with Gasteiger partial charge in [0.05, 0.1) is 12.4 Å². The number of aromatic carboxylic acids is 1. The van der Waals surface area contributed by atoms with Gasteiger partial charge in [-0.25, -0.2) is 14.8 Å². The molecule has 5 rings (SSSR count). The van der Waals surface area contributed by atoms with Crippen LogP contribution in [0.4, 0.5) is 5.82 Å². The SMILES string of the molecule is O=C(O)c1cnc(N2CCC(c3ccc4c(c3)CCN(C3CCC3)CC4)CC2)cn1. The number of piperidine rings is 1. The van der Waals surface area contributed by atoms with Crippen molar-refractivity contribution in [2.45, 2.75) is 56.9 Å². The number of nitrogens with zero attached hydrogens (tertiary/aromatic N) is 4. The number of fused-ring (bicyclic) bond motifs is 1. The highest BCUT2D eigenvalue weighted by atomic mass is 16.4. The molecule has 0 unspecified atom stereocenters. The van der Waals surface area contributed by atoms with Crippen LogP contribution in [0.5, 0.6) is 0 Å². The lowest BCUT2D eigenvalue weighted by Crippen LogP contribution is -2.41. The van der Waals surface area contributed by atoms with E-state index in [1.54, 1.807) is 17.3 Å². The first-order valence-electron chi connectivity index (χ1n) is 11.3. The second-order valence-electron chi connectivity index (χ2n) is 8.98. The molecule has 1 saturated heterocycles. The molecule has 6 heteroatoms. The minimum Gasteiger partial charge on any atom is -0.476 e. The predicted molar refractivity (Wildman–Crippen MR) is 116 cm³/mol. The van der Waals surface area contributed by atoms with Crippen molar-refractivity contribution in [2.75, 3.05) is 31.1 Å². The molecule has 1 aromatic heterocycles. The molecule has 1 aromatic carbocycles. The highest BCUT2D eigenvalue weighted by molar-refractivity contribution is 5.84. The lowest BCUT2D eigenvalue weighted by atomic mass is 9.87. The zero-order valence-electron chi connectivity index (χ0n) is 17.5. The molecule has 1 N–H and O–H groups in total. The molecule has 0 radical (unpaired) electrons. The maximum atomic E-state index is 11.0. The Kier molecular flexibility index (Phi) is 5.42. The van der Waals surface area contributed by atoms with E-state index in [0.29, 0.717) is 5.92 Å². The van der Waals surface area contributed by atoms with Crippen LogP contribution in [0.25, 0.3) is 0 Å². The first-order valence-corrected chi connectivity index (χ1v) is 11.3. The maximum Gasteiger partial charge on any atom is 0.356 e. The molecule has 0 atom stereocenters. The summed E-state index contributed by atoms with van der Waals surface area (Å²) in [4.78, 5) is 24.2. The number of hydrogen-bond acceptors (Lipinski definition) is 5. The average molecular weight is 407 g/mol. The summed E-state index contributed by atoms with van der Waals surface area (Å²) in [5.74, 6) is 0.326. The number of anilines is 1. The number of carboxylic acid groups (broad SMARTS) is 1. The summed E-state index contributed by atoms with van der Waals surface area (Å²) in [6.45, 7) is 4.29. The first kappa shape index (κ1) is 19.5. The van der Waals surface area contributed by atoms with Crippen LogP contribution >= 0.6 is 0 Å². The zero-order chi connectivity index (χ0) is 20.5. The largest absolute Gasteiger partial charge is 0.476 e. The summed E-state index contributed by atoms with van der Waals surface area (Å²) in [5, 5.41) is 8.99. The standard InChI is InChI=1S/C24H30N4O2/c29-24(30)22-15-26-23(16-25-22)28-12-7-18(8-13-28)19-5-4-17-6-10-27(21-2-1-3-21)11-9-20(17)14-19/h4-5,14-16,18,21H,1-3,6-13H2,(H,29,30). The summed E-state index contributed by atoms with van der Waals surface area (Å²) >= 11 is 0. The molecular weight excluding hydrogens is 376 g/mol. The monoisotopic (exact) mass is 406 g/mol. The second kappa shape index (κ2) is 8.34. The zero-order valence-corrected chi connectivity index (χ0v) is 17.5. The molecule has 1 saturated carbocycles. The molecule has 0 amide bonds. The van der Waals surface area contributed by atoms with Crippen LogP contribution in [0.15, 0.2) is 30.6 Å². The van der Waals surface area contributed by atoms with Crippen molar-refractivity contribution >= 4 is 11.8 Å². The van der Waals surface area contributed by atoms with Crippen molar-refractivity contribution in [3.63, 3.8) is 0 Å². The summed E-state index contributed by atoms with van der Waals surface area (Å²) in [5.41, 5.74) is 4.59. The van der Waals surface area contributed by atoms with Gasteiger partial charge in [-0.1, -0.05) is 24.6 Å². The molecule has 3 aliphatic rings. The van der Waals surface area contributed by atoms with Crippen LogP contribution in [0.3, 0.4) is 0 Å². The Morgan fingerprint density at radius 3 is 2.33 bits per heavy atom.